The molecule has 28 heavy (non-hydrogen) atoms. The number of hydrogen-bond donors (Lipinski definition) is 2. The quantitative estimate of drug-likeness (QED) is 0.696. The largest absolute Gasteiger partial charge is 0.495 e. The van der Waals surface area contributed by atoms with Crippen molar-refractivity contribution in [1.29, 1.82) is 0 Å². The minimum atomic E-state index is -1.01. The summed E-state index contributed by atoms with van der Waals surface area (Å²) in [5, 5.41) is 5.96. The van der Waals surface area contributed by atoms with Crippen LogP contribution >= 0.6 is 0 Å². The molecular formula is C23H28N2O3. The number of anilines is 2. The highest BCUT2D eigenvalue weighted by Crippen LogP contribution is 2.48. The van der Waals surface area contributed by atoms with Gasteiger partial charge in [-0.15, -0.1) is 0 Å². The fourth-order valence-corrected chi connectivity index (χ4v) is 3.48. The lowest BCUT2D eigenvalue weighted by atomic mass is 10.00. The molecule has 0 heterocycles. The Morgan fingerprint density at radius 2 is 1.61 bits per heavy atom. The summed E-state index contributed by atoms with van der Waals surface area (Å²) < 4.78 is 5.34. The number of nitrogens with one attached hydrogen (secondary N) is 2. The van der Waals surface area contributed by atoms with Crippen molar-refractivity contribution >= 4 is 23.2 Å². The second-order valence-corrected chi connectivity index (χ2v) is 7.35. The van der Waals surface area contributed by atoms with Gasteiger partial charge in [-0.1, -0.05) is 38.1 Å². The molecule has 0 radical (unpaired) electrons. The summed E-state index contributed by atoms with van der Waals surface area (Å²) in [4.78, 5) is 26.1. The summed E-state index contributed by atoms with van der Waals surface area (Å²) in [5.41, 5.74) is 3.61. The fraction of sp³-hybridized carbons (Fsp3) is 0.391. The van der Waals surface area contributed by atoms with Crippen LogP contribution in [-0.4, -0.2) is 18.9 Å². The maximum absolute atomic E-state index is 13.1. The molecule has 0 bridgehead atoms. The van der Waals surface area contributed by atoms with Crippen molar-refractivity contribution in [3.05, 3.63) is 53.1 Å². The summed E-state index contributed by atoms with van der Waals surface area (Å²) in [6, 6.07) is 11.6. The first kappa shape index (κ1) is 19.9. The minimum absolute atomic E-state index is 0.229. The molecule has 5 nitrogen and oxygen atoms in total. The first-order chi connectivity index (χ1) is 13.4. The molecule has 2 aromatic rings. The molecule has 0 aromatic heterocycles. The lowest BCUT2D eigenvalue weighted by Gasteiger charge is -2.20. The van der Waals surface area contributed by atoms with Gasteiger partial charge in [0.2, 0.25) is 11.8 Å². The van der Waals surface area contributed by atoms with Crippen molar-refractivity contribution in [3.63, 3.8) is 0 Å². The van der Waals surface area contributed by atoms with E-state index in [0.29, 0.717) is 24.3 Å². The Balaban J connectivity index is 1.82. The van der Waals surface area contributed by atoms with Crippen molar-refractivity contribution in [1.82, 2.24) is 0 Å². The topological polar surface area (TPSA) is 67.4 Å². The van der Waals surface area contributed by atoms with Gasteiger partial charge in [0, 0.05) is 5.69 Å². The van der Waals surface area contributed by atoms with Crippen LogP contribution in [0.2, 0.25) is 0 Å². The SMILES string of the molecule is CCc1cccc(CC)c1NC(=O)C1(C(=O)Nc2cc(C)ccc2OC)CC1. The molecule has 3 rings (SSSR count). The van der Waals surface area contributed by atoms with E-state index < -0.39 is 5.41 Å². The highest BCUT2D eigenvalue weighted by Gasteiger charge is 2.56. The van der Waals surface area contributed by atoms with Gasteiger partial charge in [-0.05, 0) is 61.4 Å². The molecule has 0 spiro atoms. The van der Waals surface area contributed by atoms with Gasteiger partial charge < -0.3 is 15.4 Å². The van der Waals surface area contributed by atoms with Crippen LogP contribution in [0.5, 0.6) is 5.75 Å². The summed E-state index contributed by atoms with van der Waals surface area (Å²) in [6.07, 6.45) is 2.75. The zero-order valence-electron chi connectivity index (χ0n) is 17.0. The molecule has 2 N–H and O–H groups in total. The Bertz CT molecular complexity index is 878. The molecule has 1 aliphatic rings. The molecular weight excluding hydrogens is 352 g/mol. The third kappa shape index (κ3) is 3.75. The minimum Gasteiger partial charge on any atom is -0.495 e. The van der Waals surface area contributed by atoms with Gasteiger partial charge in [0.05, 0.1) is 12.8 Å². The van der Waals surface area contributed by atoms with Crippen LogP contribution in [0.1, 0.15) is 43.4 Å². The Morgan fingerprint density at radius 3 is 2.14 bits per heavy atom. The van der Waals surface area contributed by atoms with Crippen molar-refractivity contribution < 1.29 is 14.3 Å². The van der Waals surface area contributed by atoms with Crippen LogP contribution in [0.25, 0.3) is 0 Å². The summed E-state index contributed by atoms with van der Waals surface area (Å²) >= 11 is 0. The van der Waals surface area contributed by atoms with Crippen LogP contribution in [0.4, 0.5) is 11.4 Å². The Kier molecular flexibility index (Phi) is 5.73. The average molecular weight is 380 g/mol. The van der Waals surface area contributed by atoms with E-state index in [1.807, 2.05) is 43.3 Å². The van der Waals surface area contributed by atoms with Crippen LogP contribution in [0.3, 0.4) is 0 Å². The van der Waals surface area contributed by atoms with Gasteiger partial charge in [-0.2, -0.15) is 0 Å². The molecule has 5 heteroatoms. The predicted molar refractivity (Wildman–Crippen MR) is 112 cm³/mol. The number of para-hydroxylation sites is 1. The second kappa shape index (κ2) is 8.05. The zero-order valence-corrected chi connectivity index (χ0v) is 17.0. The first-order valence-electron chi connectivity index (χ1n) is 9.83. The standard InChI is InChI=1S/C23H28N2O3/c1-5-16-8-7-9-17(6-2)20(16)25-22(27)23(12-13-23)21(26)24-18-14-15(3)10-11-19(18)28-4/h7-11,14H,5-6,12-13H2,1-4H3,(H,24,26)(H,25,27). The van der Waals surface area contributed by atoms with Crippen LogP contribution in [0, 0.1) is 12.3 Å². The van der Waals surface area contributed by atoms with Gasteiger partial charge in [0.15, 0.2) is 0 Å². The van der Waals surface area contributed by atoms with Crippen molar-refractivity contribution in [2.24, 2.45) is 5.41 Å². The Labute approximate surface area is 166 Å². The number of methoxy groups -OCH3 is 1. The molecule has 2 amide bonds. The predicted octanol–water partition coefficient (Wildman–Crippen LogP) is 4.49. The van der Waals surface area contributed by atoms with Gasteiger partial charge in [0.1, 0.15) is 11.2 Å². The van der Waals surface area contributed by atoms with E-state index in [0.717, 1.165) is 35.2 Å². The Hall–Kier alpha value is -2.82. The molecule has 2 aromatic carbocycles. The lowest BCUT2D eigenvalue weighted by Crippen LogP contribution is -2.36. The van der Waals surface area contributed by atoms with E-state index in [2.05, 4.69) is 24.5 Å². The first-order valence-corrected chi connectivity index (χ1v) is 9.83. The third-order valence-corrected chi connectivity index (χ3v) is 5.46. The van der Waals surface area contributed by atoms with Crippen molar-refractivity contribution in [2.75, 3.05) is 17.7 Å². The van der Waals surface area contributed by atoms with Gasteiger partial charge in [-0.3, -0.25) is 9.59 Å². The summed E-state index contributed by atoms with van der Waals surface area (Å²) in [6.45, 7) is 6.07. The van der Waals surface area contributed by atoms with Crippen LogP contribution in [0.15, 0.2) is 36.4 Å². The number of aryl methyl sites for hydroxylation is 3. The highest BCUT2D eigenvalue weighted by atomic mass is 16.5. The number of rotatable bonds is 7. The second-order valence-electron chi connectivity index (χ2n) is 7.35. The average Bonchev–Trinajstić information content (AvgIpc) is 3.50. The molecule has 0 aliphatic heterocycles. The zero-order chi connectivity index (χ0) is 20.3. The van der Waals surface area contributed by atoms with E-state index in [9.17, 15) is 9.59 Å². The van der Waals surface area contributed by atoms with E-state index in [1.165, 1.54) is 0 Å². The molecule has 1 saturated carbocycles. The molecule has 0 atom stereocenters. The van der Waals surface area contributed by atoms with Crippen LogP contribution < -0.4 is 15.4 Å². The van der Waals surface area contributed by atoms with Crippen molar-refractivity contribution in [3.8, 4) is 5.75 Å². The van der Waals surface area contributed by atoms with E-state index in [4.69, 9.17) is 4.74 Å². The van der Waals surface area contributed by atoms with Crippen molar-refractivity contribution in [2.45, 2.75) is 46.5 Å². The maximum atomic E-state index is 13.1. The van der Waals surface area contributed by atoms with Gasteiger partial charge in [-0.25, -0.2) is 0 Å². The molecule has 0 saturated heterocycles. The van der Waals surface area contributed by atoms with Gasteiger partial charge >= 0.3 is 0 Å². The van der Waals surface area contributed by atoms with E-state index in [1.54, 1.807) is 7.11 Å². The molecule has 1 aliphatic carbocycles. The van der Waals surface area contributed by atoms with E-state index >= 15 is 0 Å². The monoisotopic (exact) mass is 380 g/mol. The number of carbonyl (C=O) groups excluding carboxylic acids is 2. The normalized spacial score (nSPS) is 14.3. The third-order valence-electron chi connectivity index (χ3n) is 5.46. The molecule has 1 fully saturated rings. The number of amides is 2. The smallest absolute Gasteiger partial charge is 0.240 e. The molecule has 0 unspecified atom stereocenters. The number of ether oxygens (including phenoxy) is 1. The lowest BCUT2D eigenvalue weighted by molar-refractivity contribution is -0.131. The van der Waals surface area contributed by atoms with Crippen LogP contribution in [-0.2, 0) is 22.4 Å². The number of hydrogen-bond acceptors (Lipinski definition) is 3. The number of carbonyl (C=O) groups is 2. The fourth-order valence-electron chi connectivity index (χ4n) is 3.48. The summed E-state index contributed by atoms with van der Waals surface area (Å²) in [7, 11) is 1.56. The number of benzene rings is 2. The Morgan fingerprint density at radius 1 is 1.00 bits per heavy atom. The molecule has 148 valence electrons. The maximum Gasteiger partial charge on any atom is 0.240 e. The summed E-state index contributed by atoms with van der Waals surface area (Å²) in [5.74, 6) is 0.0768. The van der Waals surface area contributed by atoms with Gasteiger partial charge in [0.25, 0.3) is 0 Å². The van der Waals surface area contributed by atoms with E-state index in [-0.39, 0.29) is 11.8 Å². The highest BCUT2D eigenvalue weighted by molar-refractivity contribution is 6.17.